The first-order valence-electron chi connectivity index (χ1n) is 7.68. The molecule has 0 heterocycles. The lowest BCUT2D eigenvalue weighted by Crippen LogP contribution is -2.14. The van der Waals surface area contributed by atoms with Crippen molar-refractivity contribution in [1.29, 1.82) is 0 Å². The summed E-state index contributed by atoms with van der Waals surface area (Å²) in [5.41, 5.74) is 5.86. The van der Waals surface area contributed by atoms with Crippen molar-refractivity contribution in [2.75, 3.05) is 13.6 Å². The molecule has 0 saturated heterocycles. The minimum atomic E-state index is 0.673. The standard InChI is InChI=1S/C19H22Cl2N2/c1-5-23(4)12-22-18-6-13(2)19(14(3)7-18)10-15-8-16(20)11-17(21)9-15/h6-9,11-12H,5,10H2,1-4H3. The maximum absolute atomic E-state index is 6.10. The van der Waals surface area contributed by atoms with Gasteiger partial charge in [-0.1, -0.05) is 23.2 Å². The van der Waals surface area contributed by atoms with E-state index in [2.05, 4.69) is 37.9 Å². The first kappa shape index (κ1) is 17.8. The molecule has 0 aliphatic carbocycles. The van der Waals surface area contributed by atoms with Gasteiger partial charge in [-0.2, -0.15) is 0 Å². The van der Waals surface area contributed by atoms with Gasteiger partial charge in [-0.15, -0.1) is 0 Å². The van der Waals surface area contributed by atoms with E-state index in [1.807, 2.05) is 30.4 Å². The third-order valence-electron chi connectivity index (χ3n) is 3.89. The van der Waals surface area contributed by atoms with Crippen LogP contribution in [0.15, 0.2) is 35.3 Å². The van der Waals surface area contributed by atoms with Crippen molar-refractivity contribution < 1.29 is 0 Å². The van der Waals surface area contributed by atoms with Gasteiger partial charge in [-0.25, -0.2) is 4.99 Å². The molecular weight excluding hydrogens is 327 g/mol. The molecule has 2 rings (SSSR count). The summed E-state index contributed by atoms with van der Waals surface area (Å²) in [5.74, 6) is 0. The van der Waals surface area contributed by atoms with Crippen molar-refractivity contribution in [2.45, 2.75) is 27.2 Å². The third kappa shape index (κ3) is 4.98. The second-order valence-corrected chi connectivity index (χ2v) is 6.70. The van der Waals surface area contributed by atoms with Crippen LogP contribution in [0.4, 0.5) is 5.69 Å². The molecule has 0 aromatic heterocycles. The van der Waals surface area contributed by atoms with Crippen LogP contribution in [0.3, 0.4) is 0 Å². The van der Waals surface area contributed by atoms with E-state index in [9.17, 15) is 0 Å². The predicted molar refractivity (Wildman–Crippen MR) is 102 cm³/mol. The Labute approximate surface area is 148 Å². The van der Waals surface area contributed by atoms with Crippen LogP contribution in [0.25, 0.3) is 0 Å². The Hall–Kier alpha value is -1.51. The number of halogens is 2. The summed E-state index contributed by atoms with van der Waals surface area (Å²) in [6.45, 7) is 7.28. The van der Waals surface area contributed by atoms with E-state index in [1.54, 1.807) is 6.07 Å². The highest BCUT2D eigenvalue weighted by Gasteiger charge is 2.07. The minimum absolute atomic E-state index is 0.673. The molecular formula is C19H22Cl2N2. The van der Waals surface area contributed by atoms with Crippen molar-refractivity contribution in [3.8, 4) is 0 Å². The Morgan fingerprint density at radius 1 is 1.00 bits per heavy atom. The van der Waals surface area contributed by atoms with Gasteiger partial charge >= 0.3 is 0 Å². The monoisotopic (exact) mass is 348 g/mol. The van der Waals surface area contributed by atoms with Crippen LogP contribution in [-0.2, 0) is 6.42 Å². The van der Waals surface area contributed by atoms with Gasteiger partial charge in [0, 0.05) is 23.6 Å². The third-order valence-corrected chi connectivity index (χ3v) is 4.32. The Kier molecular flexibility index (Phi) is 6.09. The zero-order chi connectivity index (χ0) is 17.0. The van der Waals surface area contributed by atoms with E-state index >= 15 is 0 Å². The van der Waals surface area contributed by atoms with Crippen LogP contribution in [0.5, 0.6) is 0 Å². The first-order chi connectivity index (χ1) is 10.9. The van der Waals surface area contributed by atoms with Gasteiger partial charge in [-0.3, -0.25) is 0 Å². The fourth-order valence-electron chi connectivity index (χ4n) is 2.49. The van der Waals surface area contributed by atoms with Crippen LogP contribution in [0.1, 0.15) is 29.2 Å². The molecule has 0 amide bonds. The molecule has 2 aromatic rings. The Balaban J connectivity index is 2.28. The minimum Gasteiger partial charge on any atom is -0.366 e. The van der Waals surface area contributed by atoms with Crippen LogP contribution in [0.2, 0.25) is 10.0 Å². The Bertz CT molecular complexity index is 680. The summed E-state index contributed by atoms with van der Waals surface area (Å²) in [6.07, 6.45) is 2.68. The van der Waals surface area contributed by atoms with Gasteiger partial charge in [0.1, 0.15) is 0 Å². The molecule has 0 unspecified atom stereocenters. The van der Waals surface area contributed by atoms with Gasteiger partial charge in [0.25, 0.3) is 0 Å². The quantitative estimate of drug-likeness (QED) is 0.491. The summed E-state index contributed by atoms with van der Waals surface area (Å²) < 4.78 is 0. The number of rotatable bonds is 5. The van der Waals surface area contributed by atoms with Crippen molar-refractivity contribution in [3.05, 3.63) is 62.6 Å². The fourth-order valence-corrected chi connectivity index (χ4v) is 3.06. The molecule has 0 aliphatic heterocycles. The maximum Gasteiger partial charge on any atom is 0.0909 e. The lowest BCUT2D eigenvalue weighted by Gasteiger charge is -2.13. The lowest BCUT2D eigenvalue weighted by atomic mass is 9.95. The van der Waals surface area contributed by atoms with Crippen molar-refractivity contribution in [3.63, 3.8) is 0 Å². The summed E-state index contributed by atoms with van der Waals surface area (Å²) in [6, 6.07) is 9.93. The van der Waals surface area contributed by atoms with E-state index in [0.29, 0.717) is 10.0 Å². The van der Waals surface area contributed by atoms with Crippen LogP contribution >= 0.6 is 23.2 Å². The molecule has 4 heteroatoms. The molecule has 0 radical (unpaired) electrons. The fraction of sp³-hybridized carbons (Fsp3) is 0.316. The predicted octanol–water partition coefficient (Wildman–Crippen LogP) is 5.81. The zero-order valence-electron chi connectivity index (χ0n) is 14.0. The van der Waals surface area contributed by atoms with E-state index in [4.69, 9.17) is 23.2 Å². The van der Waals surface area contributed by atoms with Crippen molar-refractivity contribution in [1.82, 2.24) is 4.90 Å². The SMILES string of the molecule is CCN(C)C=Nc1cc(C)c(Cc2cc(Cl)cc(Cl)c2)c(C)c1. The number of hydrogen-bond acceptors (Lipinski definition) is 1. The number of aliphatic imine (C=N–C) groups is 1. The second-order valence-electron chi connectivity index (χ2n) is 5.83. The maximum atomic E-state index is 6.10. The average Bonchev–Trinajstić information content (AvgIpc) is 2.47. The molecule has 0 aliphatic rings. The molecule has 2 aromatic carbocycles. The van der Waals surface area contributed by atoms with Gasteiger partial charge in [-0.05, 0) is 79.8 Å². The lowest BCUT2D eigenvalue weighted by molar-refractivity contribution is 0.552. The molecule has 0 bridgehead atoms. The van der Waals surface area contributed by atoms with Crippen molar-refractivity contribution in [2.24, 2.45) is 4.99 Å². The number of nitrogens with zero attached hydrogens (tertiary/aromatic N) is 2. The van der Waals surface area contributed by atoms with E-state index in [0.717, 1.165) is 24.2 Å². The zero-order valence-corrected chi connectivity index (χ0v) is 15.5. The molecule has 0 atom stereocenters. The molecule has 0 N–H and O–H groups in total. The van der Waals surface area contributed by atoms with E-state index < -0.39 is 0 Å². The number of aryl methyl sites for hydroxylation is 2. The average molecular weight is 349 g/mol. The summed E-state index contributed by atoms with van der Waals surface area (Å²) in [7, 11) is 2.01. The smallest absolute Gasteiger partial charge is 0.0909 e. The van der Waals surface area contributed by atoms with Gasteiger partial charge in [0.05, 0.1) is 12.0 Å². The highest BCUT2D eigenvalue weighted by atomic mass is 35.5. The van der Waals surface area contributed by atoms with Crippen LogP contribution < -0.4 is 0 Å². The summed E-state index contributed by atoms with van der Waals surface area (Å²) in [4.78, 5) is 6.58. The van der Waals surface area contributed by atoms with Gasteiger partial charge in [0.2, 0.25) is 0 Å². The first-order valence-corrected chi connectivity index (χ1v) is 8.44. The molecule has 23 heavy (non-hydrogen) atoms. The van der Waals surface area contributed by atoms with Crippen LogP contribution in [-0.4, -0.2) is 24.8 Å². The summed E-state index contributed by atoms with van der Waals surface area (Å²) >= 11 is 12.2. The topological polar surface area (TPSA) is 15.6 Å². The highest BCUT2D eigenvalue weighted by Crippen LogP contribution is 2.27. The number of benzene rings is 2. The largest absolute Gasteiger partial charge is 0.366 e. The van der Waals surface area contributed by atoms with Gasteiger partial charge in [0.15, 0.2) is 0 Å². The Morgan fingerprint density at radius 3 is 2.09 bits per heavy atom. The molecule has 122 valence electrons. The molecule has 2 nitrogen and oxygen atoms in total. The van der Waals surface area contributed by atoms with Crippen molar-refractivity contribution >= 4 is 35.2 Å². The highest BCUT2D eigenvalue weighted by molar-refractivity contribution is 6.34. The molecule has 0 fully saturated rings. The summed E-state index contributed by atoms with van der Waals surface area (Å²) in [5, 5.41) is 1.35. The number of hydrogen-bond donors (Lipinski definition) is 0. The van der Waals surface area contributed by atoms with Crippen LogP contribution in [0, 0.1) is 13.8 Å². The second kappa shape index (κ2) is 7.85. The van der Waals surface area contributed by atoms with Gasteiger partial charge < -0.3 is 4.90 Å². The Morgan fingerprint density at radius 2 is 1.57 bits per heavy atom. The molecule has 0 saturated carbocycles. The molecule has 0 spiro atoms. The normalized spacial score (nSPS) is 11.2. The van der Waals surface area contributed by atoms with E-state index in [-0.39, 0.29) is 0 Å². The van der Waals surface area contributed by atoms with E-state index in [1.165, 1.54) is 16.7 Å².